The zero-order chi connectivity index (χ0) is 26.0. The van der Waals surface area contributed by atoms with Gasteiger partial charge in [0, 0.05) is 24.7 Å². The molecule has 3 rings (SSSR count). The van der Waals surface area contributed by atoms with Gasteiger partial charge in [-0.05, 0) is 44.9 Å². The summed E-state index contributed by atoms with van der Waals surface area (Å²) in [5.74, 6) is -0.784. The lowest BCUT2D eigenvalue weighted by Gasteiger charge is -2.36. The maximum Gasteiger partial charge on any atom is 0.416 e. The number of rotatable bonds is 7. The number of alkyl halides is 3. The molecular formula is C23H26F3N5O4. The second-order valence-electron chi connectivity index (χ2n) is 9.04. The number of carboxylic acid groups (broad SMARTS) is 1. The van der Waals surface area contributed by atoms with Crippen molar-refractivity contribution in [1.29, 1.82) is 0 Å². The molecule has 1 atom stereocenters. The van der Waals surface area contributed by atoms with Crippen LogP contribution in [0.4, 0.5) is 18.0 Å². The fourth-order valence-corrected chi connectivity index (χ4v) is 3.66. The molecule has 9 nitrogen and oxygen atoms in total. The van der Waals surface area contributed by atoms with E-state index in [1.165, 1.54) is 41.4 Å². The summed E-state index contributed by atoms with van der Waals surface area (Å²) in [7, 11) is 1.66. The number of hydrogen-bond donors (Lipinski definition) is 2. The van der Waals surface area contributed by atoms with Gasteiger partial charge in [-0.25, -0.2) is 9.48 Å². The number of aromatic nitrogens is 3. The lowest BCUT2D eigenvalue weighted by Crippen LogP contribution is -2.53. The van der Waals surface area contributed by atoms with Crippen molar-refractivity contribution in [2.45, 2.75) is 44.9 Å². The highest BCUT2D eigenvalue weighted by Crippen LogP contribution is 2.32. The first-order valence-corrected chi connectivity index (χ1v) is 10.7. The fourth-order valence-electron chi connectivity index (χ4n) is 3.66. The molecule has 0 aliphatic heterocycles. The summed E-state index contributed by atoms with van der Waals surface area (Å²) in [5.41, 5.74) is -0.647. The number of nitrogens with zero attached hydrogens (tertiary/aromatic N) is 4. The highest BCUT2D eigenvalue weighted by atomic mass is 19.4. The van der Waals surface area contributed by atoms with Gasteiger partial charge in [0.05, 0.1) is 23.5 Å². The predicted octanol–water partition coefficient (Wildman–Crippen LogP) is 4.21. The molecule has 2 aromatic heterocycles. The number of amides is 2. The van der Waals surface area contributed by atoms with Gasteiger partial charge < -0.3 is 19.7 Å². The number of carbonyl (C=O) groups excluding carboxylic acids is 1. The Morgan fingerprint density at radius 2 is 1.91 bits per heavy atom. The second-order valence-corrected chi connectivity index (χ2v) is 9.04. The van der Waals surface area contributed by atoms with Crippen LogP contribution < -0.4 is 5.32 Å². The summed E-state index contributed by atoms with van der Waals surface area (Å²) >= 11 is 0. The molecule has 3 aromatic rings. The molecule has 0 unspecified atom stereocenters. The number of carbonyl (C=O) groups is 2. The van der Waals surface area contributed by atoms with E-state index in [1.54, 1.807) is 27.8 Å². The summed E-state index contributed by atoms with van der Waals surface area (Å²) in [6.07, 6.45) is -3.29. The summed E-state index contributed by atoms with van der Waals surface area (Å²) in [6.45, 7) is 4.73. The standard InChI is InChI=1S/C23H26F3N5O4/c1-22(2,3)31(21(33)34)12-16(9-14-7-5-6-8-17(14)23(24,25)26)28-20(32)19-10-15(13-35-19)18-11-27-29-30(18)4/h5-8,10-11,13,16H,9,12H2,1-4H3,(H,28,32)(H,33,34)/t16-/m0/s1. The maximum atomic E-state index is 13.6. The van der Waals surface area contributed by atoms with Crippen LogP contribution in [0.2, 0.25) is 0 Å². The lowest BCUT2D eigenvalue weighted by atomic mass is 9.97. The Bertz CT molecular complexity index is 1200. The Morgan fingerprint density at radius 1 is 1.23 bits per heavy atom. The fraction of sp³-hybridized carbons (Fsp3) is 0.391. The summed E-state index contributed by atoms with van der Waals surface area (Å²) in [5, 5.41) is 19.9. The molecule has 2 heterocycles. The Morgan fingerprint density at radius 3 is 2.49 bits per heavy atom. The third-order valence-electron chi connectivity index (χ3n) is 5.40. The van der Waals surface area contributed by atoms with E-state index in [2.05, 4.69) is 15.6 Å². The van der Waals surface area contributed by atoms with Crippen molar-refractivity contribution in [1.82, 2.24) is 25.2 Å². The molecule has 188 valence electrons. The third-order valence-corrected chi connectivity index (χ3v) is 5.40. The molecule has 2 N–H and O–H groups in total. The number of furan rings is 1. The van der Waals surface area contributed by atoms with E-state index in [9.17, 15) is 27.9 Å². The molecule has 0 fully saturated rings. The molecule has 12 heteroatoms. The van der Waals surface area contributed by atoms with Crippen LogP contribution in [0.5, 0.6) is 0 Å². The molecular weight excluding hydrogens is 467 g/mol. The van der Waals surface area contributed by atoms with E-state index in [-0.39, 0.29) is 24.3 Å². The zero-order valence-electron chi connectivity index (χ0n) is 19.6. The van der Waals surface area contributed by atoms with Crippen LogP contribution in [-0.2, 0) is 19.6 Å². The molecule has 35 heavy (non-hydrogen) atoms. The van der Waals surface area contributed by atoms with E-state index >= 15 is 0 Å². The normalized spacial score (nSPS) is 12.9. The highest BCUT2D eigenvalue weighted by molar-refractivity contribution is 5.93. The maximum absolute atomic E-state index is 13.6. The molecule has 1 aromatic carbocycles. The first-order chi connectivity index (χ1) is 16.3. The lowest BCUT2D eigenvalue weighted by molar-refractivity contribution is -0.138. The molecule has 0 spiro atoms. The molecule has 0 saturated carbocycles. The average Bonchev–Trinajstić information content (AvgIpc) is 3.39. The first-order valence-electron chi connectivity index (χ1n) is 10.7. The summed E-state index contributed by atoms with van der Waals surface area (Å²) < 4.78 is 47.5. The van der Waals surface area contributed by atoms with Crippen LogP contribution in [0.15, 0.2) is 47.2 Å². The van der Waals surface area contributed by atoms with Crippen molar-refractivity contribution in [3.63, 3.8) is 0 Å². The van der Waals surface area contributed by atoms with Crippen molar-refractivity contribution in [2.24, 2.45) is 7.05 Å². The minimum Gasteiger partial charge on any atom is -0.465 e. The van der Waals surface area contributed by atoms with E-state index < -0.39 is 35.3 Å². The van der Waals surface area contributed by atoms with Crippen LogP contribution in [-0.4, -0.2) is 55.1 Å². The molecule has 0 aliphatic carbocycles. The van der Waals surface area contributed by atoms with Gasteiger partial charge in [-0.3, -0.25) is 4.79 Å². The number of benzene rings is 1. The van der Waals surface area contributed by atoms with E-state index in [4.69, 9.17) is 4.42 Å². The van der Waals surface area contributed by atoms with Crippen molar-refractivity contribution in [3.05, 3.63) is 59.7 Å². The summed E-state index contributed by atoms with van der Waals surface area (Å²) in [6, 6.07) is 5.47. The monoisotopic (exact) mass is 493 g/mol. The van der Waals surface area contributed by atoms with Crippen LogP contribution >= 0.6 is 0 Å². The Kier molecular flexibility index (Phi) is 7.22. The van der Waals surface area contributed by atoms with Crippen LogP contribution in [0.1, 0.15) is 42.5 Å². The molecule has 2 amide bonds. The number of nitrogens with one attached hydrogen (secondary N) is 1. The van der Waals surface area contributed by atoms with Gasteiger partial charge in [0.15, 0.2) is 5.76 Å². The second kappa shape index (κ2) is 9.80. The highest BCUT2D eigenvalue weighted by Gasteiger charge is 2.35. The summed E-state index contributed by atoms with van der Waals surface area (Å²) in [4.78, 5) is 25.9. The van der Waals surface area contributed by atoms with Gasteiger partial charge in [-0.2, -0.15) is 13.2 Å². The van der Waals surface area contributed by atoms with E-state index in [0.717, 1.165) is 11.0 Å². The van der Waals surface area contributed by atoms with Crippen molar-refractivity contribution in [2.75, 3.05) is 6.54 Å². The first kappa shape index (κ1) is 25.8. The van der Waals surface area contributed by atoms with Gasteiger partial charge in [0.1, 0.15) is 6.26 Å². The number of aryl methyl sites for hydroxylation is 1. The topological polar surface area (TPSA) is 113 Å². The number of hydrogen-bond acceptors (Lipinski definition) is 5. The van der Waals surface area contributed by atoms with Crippen molar-refractivity contribution >= 4 is 12.0 Å². The third kappa shape index (κ3) is 6.19. The largest absolute Gasteiger partial charge is 0.465 e. The molecule has 0 bridgehead atoms. The molecule has 0 saturated heterocycles. The SMILES string of the molecule is Cn1nncc1-c1coc(C(=O)N[C@@H](Cc2ccccc2C(F)(F)F)CN(C(=O)O)C(C)(C)C)c1. The van der Waals surface area contributed by atoms with Gasteiger partial charge in [-0.15, -0.1) is 5.10 Å². The predicted molar refractivity (Wildman–Crippen MR) is 120 cm³/mol. The van der Waals surface area contributed by atoms with Gasteiger partial charge in [-0.1, -0.05) is 23.4 Å². The van der Waals surface area contributed by atoms with Gasteiger partial charge >= 0.3 is 12.3 Å². The van der Waals surface area contributed by atoms with Gasteiger partial charge in [0.2, 0.25) is 0 Å². The average molecular weight is 493 g/mol. The van der Waals surface area contributed by atoms with Crippen LogP contribution in [0, 0.1) is 0 Å². The van der Waals surface area contributed by atoms with Crippen molar-refractivity contribution < 1.29 is 32.3 Å². The van der Waals surface area contributed by atoms with Gasteiger partial charge in [0.25, 0.3) is 5.91 Å². The Hall–Kier alpha value is -3.83. The minimum atomic E-state index is -4.60. The minimum absolute atomic E-state index is 0.0642. The molecule has 0 aliphatic rings. The Labute approximate surface area is 199 Å². The van der Waals surface area contributed by atoms with E-state index in [1.807, 2.05) is 0 Å². The smallest absolute Gasteiger partial charge is 0.416 e. The molecule has 0 radical (unpaired) electrons. The zero-order valence-corrected chi connectivity index (χ0v) is 19.6. The van der Waals surface area contributed by atoms with Crippen LogP contribution in [0.3, 0.4) is 0 Å². The quantitative estimate of drug-likeness (QED) is 0.510. The van der Waals surface area contributed by atoms with Crippen molar-refractivity contribution in [3.8, 4) is 11.3 Å². The number of halogens is 3. The Balaban J connectivity index is 1.90. The van der Waals surface area contributed by atoms with Crippen LogP contribution in [0.25, 0.3) is 11.3 Å². The van der Waals surface area contributed by atoms with E-state index in [0.29, 0.717) is 11.3 Å².